The number of aliphatic carboxylic acids is 1. The highest BCUT2D eigenvalue weighted by atomic mass is 19.1. The first-order valence-corrected chi connectivity index (χ1v) is 14.1. The summed E-state index contributed by atoms with van der Waals surface area (Å²) in [5.74, 6) is 2.37. The van der Waals surface area contributed by atoms with Gasteiger partial charge in [0.05, 0.1) is 57.9 Å². The van der Waals surface area contributed by atoms with Crippen LogP contribution in [0.5, 0.6) is 0 Å². The van der Waals surface area contributed by atoms with Crippen LogP contribution in [0, 0.1) is 11.8 Å². The number of nitrogens with one attached hydrogen (secondary N) is 4. The maximum absolute atomic E-state index is 10.5. The van der Waals surface area contributed by atoms with E-state index in [1.165, 1.54) is 25.7 Å². The highest BCUT2D eigenvalue weighted by Gasteiger charge is 2.47. The molecule has 0 bridgehead atoms. The van der Waals surface area contributed by atoms with Crippen molar-refractivity contribution in [3.63, 3.8) is 0 Å². The molecule has 5 heterocycles. The number of halogens is 1. The van der Waals surface area contributed by atoms with E-state index in [9.17, 15) is 4.39 Å². The lowest BCUT2D eigenvalue weighted by molar-refractivity contribution is -0.137. The molecule has 41 heavy (non-hydrogen) atoms. The standard InChI is InChI=1S/C28H26N8.C2H3FO2/c1-3-17-21(5-13(1)26-12-30-27(36-26)23-9-15-7-19(15)32-23)29-11-25(31-17)14-2-4-18-22(6-14)35-28(34-18)24-10-16-8-20(16)33-24;3-1-2(4)5/h1-6,11-12,15-16,19-20,23-24,32-33H,7-10H2,(H,30,36)(H,34,35);1H2,(H,4,5)/t15-,16-,19-,20-,23+,24+;/m1./s1. The van der Waals surface area contributed by atoms with Gasteiger partial charge in [-0.1, -0.05) is 12.1 Å². The number of aromatic nitrogens is 6. The summed E-state index contributed by atoms with van der Waals surface area (Å²) in [5, 5.41) is 14.7. The summed E-state index contributed by atoms with van der Waals surface area (Å²) < 4.78 is 10.5. The first kappa shape index (κ1) is 24.6. The number of alkyl halides is 1. The minimum Gasteiger partial charge on any atom is -0.479 e. The van der Waals surface area contributed by atoms with E-state index >= 15 is 0 Å². The van der Waals surface area contributed by atoms with Crippen LogP contribution in [0.2, 0.25) is 0 Å². The Bertz CT molecular complexity index is 1780. The molecule has 9 rings (SSSR count). The summed E-state index contributed by atoms with van der Waals surface area (Å²) in [4.78, 5) is 35.2. The molecule has 0 spiro atoms. The van der Waals surface area contributed by atoms with Gasteiger partial charge in [0.1, 0.15) is 11.6 Å². The summed E-state index contributed by atoms with van der Waals surface area (Å²) >= 11 is 0. The molecule has 3 aromatic heterocycles. The number of fused-ring (bicyclic) bond motifs is 4. The first-order chi connectivity index (χ1) is 20.0. The average Bonchev–Trinajstić information content (AvgIpc) is 3.56. The second-order valence-electron chi connectivity index (χ2n) is 11.6. The Morgan fingerprint density at radius 1 is 0.805 bits per heavy atom. The normalized spacial score (nSPS) is 27.3. The predicted octanol–water partition coefficient (Wildman–Crippen LogP) is 4.45. The van der Waals surface area contributed by atoms with Crippen molar-refractivity contribution in [2.75, 3.05) is 6.67 Å². The van der Waals surface area contributed by atoms with Gasteiger partial charge in [0.15, 0.2) is 6.67 Å². The molecular formula is C30H29FN8O2. The fraction of sp³-hybridized carbons (Fsp3) is 0.367. The molecule has 2 saturated carbocycles. The van der Waals surface area contributed by atoms with E-state index in [0.717, 1.165) is 68.1 Å². The number of H-pyrrole nitrogens is 2. The molecule has 0 radical (unpaired) electrons. The van der Waals surface area contributed by atoms with Crippen LogP contribution in [-0.2, 0) is 4.79 Å². The maximum Gasteiger partial charge on any atom is 0.335 e. The minimum atomic E-state index is -1.41. The number of aromatic amines is 2. The van der Waals surface area contributed by atoms with Crippen LogP contribution in [0.3, 0.4) is 0 Å². The molecule has 2 aliphatic carbocycles. The van der Waals surface area contributed by atoms with E-state index in [-0.39, 0.29) is 0 Å². The maximum atomic E-state index is 10.5. The van der Waals surface area contributed by atoms with Crippen LogP contribution >= 0.6 is 0 Å². The number of hydrogen-bond acceptors (Lipinski definition) is 7. The monoisotopic (exact) mass is 552 g/mol. The molecule has 208 valence electrons. The number of carbonyl (C=O) groups is 1. The van der Waals surface area contributed by atoms with Gasteiger partial charge in [-0.2, -0.15) is 0 Å². The molecule has 10 nitrogen and oxygen atoms in total. The highest BCUT2D eigenvalue weighted by Crippen LogP contribution is 2.46. The molecule has 4 fully saturated rings. The zero-order valence-corrected chi connectivity index (χ0v) is 22.1. The lowest BCUT2D eigenvalue weighted by Gasteiger charge is -2.09. The number of benzene rings is 2. The Kier molecular flexibility index (Phi) is 5.64. The molecule has 6 atom stereocenters. The Labute approximate surface area is 234 Å². The van der Waals surface area contributed by atoms with Crippen molar-refractivity contribution in [1.29, 1.82) is 0 Å². The first-order valence-electron chi connectivity index (χ1n) is 14.1. The summed E-state index contributed by atoms with van der Waals surface area (Å²) in [6.45, 7) is -1.28. The largest absolute Gasteiger partial charge is 0.479 e. The van der Waals surface area contributed by atoms with E-state index in [4.69, 9.17) is 24.9 Å². The number of imidazole rings is 2. The summed E-state index contributed by atoms with van der Waals surface area (Å²) in [5.41, 5.74) is 7.81. The van der Waals surface area contributed by atoms with E-state index in [2.05, 4.69) is 62.0 Å². The van der Waals surface area contributed by atoms with Gasteiger partial charge >= 0.3 is 5.97 Å². The quantitative estimate of drug-likeness (QED) is 0.215. The van der Waals surface area contributed by atoms with Crippen LogP contribution in [0.1, 0.15) is 49.4 Å². The number of carboxylic acids is 1. The average molecular weight is 553 g/mol. The Balaban J connectivity index is 0.000000475. The SMILES string of the molecule is O=C(O)CF.c1cc2nc([C@@H]3C[C@H]4C[C@H]4N3)[nH]c2cc1-c1cnc2cc(-c3cnc([C@@H]4C[C@H]5C[C@H]5N4)[nH]3)ccc2n1. The zero-order valence-electron chi connectivity index (χ0n) is 22.1. The lowest BCUT2D eigenvalue weighted by atomic mass is 10.1. The molecule has 0 amide bonds. The van der Waals surface area contributed by atoms with Crippen LogP contribution in [0.4, 0.5) is 4.39 Å². The smallest absolute Gasteiger partial charge is 0.335 e. The van der Waals surface area contributed by atoms with Crippen LogP contribution in [0.25, 0.3) is 44.6 Å². The van der Waals surface area contributed by atoms with Crippen LogP contribution in [0.15, 0.2) is 48.8 Å². The van der Waals surface area contributed by atoms with Crippen molar-refractivity contribution in [3.8, 4) is 22.5 Å². The second-order valence-corrected chi connectivity index (χ2v) is 11.6. The third kappa shape index (κ3) is 4.64. The topological polar surface area (TPSA) is 144 Å². The van der Waals surface area contributed by atoms with Crippen molar-refractivity contribution in [2.45, 2.75) is 49.9 Å². The molecule has 2 aliphatic heterocycles. The Morgan fingerprint density at radius 2 is 1.51 bits per heavy atom. The predicted molar refractivity (Wildman–Crippen MR) is 151 cm³/mol. The number of carboxylic acid groups (broad SMARTS) is 1. The zero-order chi connectivity index (χ0) is 27.7. The van der Waals surface area contributed by atoms with Crippen molar-refractivity contribution in [1.82, 2.24) is 40.5 Å². The van der Waals surface area contributed by atoms with Crippen LogP contribution in [-0.4, -0.2) is 59.7 Å². The fourth-order valence-electron chi connectivity index (χ4n) is 6.40. The molecule has 0 unspecified atom stereocenters. The Hall–Kier alpha value is -4.22. The van der Waals surface area contributed by atoms with Crippen molar-refractivity contribution >= 4 is 28.0 Å². The van der Waals surface area contributed by atoms with Gasteiger partial charge in [-0.3, -0.25) is 4.98 Å². The van der Waals surface area contributed by atoms with Crippen molar-refractivity contribution in [3.05, 3.63) is 60.4 Å². The number of hydrogen-bond donors (Lipinski definition) is 5. The van der Waals surface area contributed by atoms with Crippen molar-refractivity contribution in [2.24, 2.45) is 11.8 Å². The fourth-order valence-corrected chi connectivity index (χ4v) is 6.40. The number of rotatable bonds is 5. The number of nitrogens with zero attached hydrogens (tertiary/aromatic N) is 4. The molecule has 5 N–H and O–H groups in total. The molecule has 2 saturated heterocycles. The summed E-state index contributed by atoms with van der Waals surface area (Å²) in [6.07, 6.45) is 8.82. The van der Waals surface area contributed by atoms with Crippen LogP contribution < -0.4 is 10.6 Å². The van der Waals surface area contributed by atoms with Gasteiger partial charge in [0.2, 0.25) is 0 Å². The molecule has 5 aromatic rings. The Morgan fingerprint density at radius 3 is 2.22 bits per heavy atom. The van der Waals surface area contributed by atoms with Gasteiger partial charge < -0.3 is 25.7 Å². The van der Waals surface area contributed by atoms with Crippen molar-refractivity contribution < 1.29 is 14.3 Å². The second kappa shape index (κ2) is 9.42. The third-order valence-corrected chi connectivity index (χ3v) is 8.77. The van der Waals surface area contributed by atoms with Gasteiger partial charge in [0, 0.05) is 23.2 Å². The van der Waals surface area contributed by atoms with Gasteiger partial charge in [-0.05, 0) is 61.8 Å². The van der Waals surface area contributed by atoms with E-state index in [1.807, 2.05) is 12.4 Å². The molecule has 11 heteroatoms. The third-order valence-electron chi connectivity index (χ3n) is 8.77. The van der Waals surface area contributed by atoms with Gasteiger partial charge in [-0.25, -0.2) is 24.1 Å². The molecular weight excluding hydrogens is 523 g/mol. The number of piperidine rings is 2. The summed E-state index contributed by atoms with van der Waals surface area (Å²) in [6, 6.07) is 14.7. The lowest BCUT2D eigenvalue weighted by Crippen LogP contribution is -2.18. The van der Waals surface area contributed by atoms with Gasteiger partial charge in [0.25, 0.3) is 0 Å². The molecule has 2 aromatic carbocycles. The van der Waals surface area contributed by atoms with E-state index in [0.29, 0.717) is 24.2 Å². The highest BCUT2D eigenvalue weighted by molar-refractivity contribution is 5.85. The van der Waals surface area contributed by atoms with E-state index in [1.54, 1.807) is 0 Å². The summed E-state index contributed by atoms with van der Waals surface area (Å²) in [7, 11) is 0. The van der Waals surface area contributed by atoms with E-state index < -0.39 is 12.6 Å². The minimum absolute atomic E-state index is 0.352. The van der Waals surface area contributed by atoms with Gasteiger partial charge in [-0.15, -0.1) is 0 Å². The molecule has 4 aliphatic rings.